The fraction of sp³-hybridized carbons (Fsp3) is 0.143. The molecule has 2 atom stereocenters. The molecule has 2 aromatic carbocycles. The van der Waals surface area contributed by atoms with E-state index >= 15 is 0 Å². The second-order valence-electron chi connectivity index (χ2n) is 4.19. The summed E-state index contributed by atoms with van der Waals surface area (Å²) in [5.41, 5.74) is 2.70. The first-order valence-corrected chi connectivity index (χ1v) is 5.28. The van der Waals surface area contributed by atoms with E-state index in [-0.39, 0.29) is 12.2 Å². The predicted octanol–water partition coefficient (Wildman–Crippen LogP) is 3.52. The molecule has 2 heterocycles. The second kappa shape index (κ2) is 2.50. The zero-order valence-electron chi connectivity index (χ0n) is 8.18. The summed E-state index contributed by atoms with van der Waals surface area (Å²) in [5, 5.41) is 2.61. The van der Waals surface area contributed by atoms with Crippen molar-refractivity contribution in [2.24, 2.45) is 0 Å². The monoisotopic (exact) mass is 194 g/mol. The SMILES string of the molecule is C1=CC2OC1c1cc3ccccc3cc12. The molecule has 15 heavy (non-hydrogen) atoms. The Hall–Kier alpha value is -1.60. The van der Waals surface area contributed by atoms with E-state index in [0.29, 0.717) is 0 Å². The number of hydrogen-bond acceptors (Lipinski definition) is 1. The number of ether oxygens (including phenoxy) is 1. The first kappa shape index (κ1) is 7.66. The maximum absolute atomic E-state index is 5.80. The van der Waals surface area contributed by atoms with Crippen LogP contribution in [-0.2, 0) is 4.74 Å². The molecule has 2 aliphatic heterocycles. The maximum Gasteiger partial charge on any atom is 0.102 e. The summed E-state index contributed by atoms with van der Waals surface area (Å²) in [6, 6.07) is 13.0. The number of rotatable bonds is 0. The third kappa shape index (κ3) is 0.910. The molecular weight excluding hydrogens is 184 g/mol. The van der Waals surface area contributed by atoms with Gasteiger partial charge >= 0.3 is 0 Å². The lowest BCUT2D eigenvalue weighted by atomic mass is 9.93. The van der Waals surface area contributed by atoms with E-state index in [0.717, 1.165) is 0 Å². The largest absolute Gasteiger partial charge is 0.357 e. The Morgan fingerprint density at radius 3 is 1.87 bits per heavy atom. The summed E-state index contributed by atoms with van der Waals surface area (Å²) < 4.78 is 5.80. The Morgan fingerprint density at radius 2 is 1.33 bits per heavy atom. The molecule has 0 aromatic heterocycles. The fourth-order valence-corrected chi connectivity index (χ4v) is 2.57. The Labute approximate surface area is 88.0 Å². The summed E-state index contributed by atoms with van der Waals surface area (Å²) >= 11 is 0. The molecule has 1 nitrogen and oxygen atoms in total. The van der Waals surface area contributed by atoms with Gasteiger partial charge < -0.3 is 4.74 Å². The smallest absolute Gasteiger partial charge is 0.102 e. The van der Waals surface area contributed by atoms with Crippen molar-refractivity contribution < 1.29 is 4.74 Å². The van der Waals surface area contributed by atoms with Gasteiger partial charge in [0, 0.05) is 0 Å². The summed E-state index contributed by atoms with van der Waals surface area (Å²) in [5.74, 6) is 0. The van der Waals surface area contributed by atoms with Gasteiger partial charge in [-0.2, -0.15) is 0 Å². The summed E-state index contributed by atoms with van der Waals surface area (Å²) in [6.45, 7) is 0. The van der Waals surface area contributed by atoms with E-state index in [1.54, 1.807) is 0 Å². The van der Waals surface area contributed by atoms with Crippen LogP contribution in [0.2, 0.25) is 0 Å². The Bertz CT molecular complexity index is 532. The van der Waals surface area contributed by atoms with E-state index in [4.69, 9.17) is 4.74 Å². The normalized spacial score (nSPS) is 26.1. The lowest BCUT2D eigenvalue weighted by Crippen LogP contribution is -1.92. The maximum atomic E-state index is 5.80. The zero-order valence-corrected chi connectivity index (χ0v) is 8.18. The van der Waals surface area contributed by atoms with E-state index in [2.05, 4.69) is 48.6 Å². The van der Waals surface area contributed by atoms with Gasteiger partial charge in [0.25, 0.3) is 0 Å². The van der Waals surface area contributed by atoms with E-state index in [1.165, 1.54) is 21.9 Å². The van der Waals surface area contributed by atoms with Crippen LogP contribution in [0.1, 0.15) is 23.3 Å². The first-order valence-electron chi connectivity index (χ1n) is 5.28. The molecule has 2 bridgehead atoms. The fourth-order valence-electron chi connectivity index (χ4n) is 2.57. The summed E-state index contributed by atoms with van der Waals surface area (Å²) in [4.78, 5) is 0. The predicted molar refractivity (Wildman–Crippen MR) is 59.7 cm³/mol. The topological polar surface area (TPSA) is 9.23 Å². The average molecular weight is 194 g/mol. The Morgan fingerprint density at radius 1 is 0.800 bits per heavy atom. The molecule has 0 fully saturated rings. The van der Waals surface area contributed by atoms with Gasteiger partial charge in [0.2, 0.25) is 0 Å². The average Bonchev–Trinajstić information content (AvgIpc) is 2.87. The Balaban J connectivity index is 2.09. The molecule has 0 saturated heterocycles. The standard InChI is InChI=1S/C14H10O/c1-2-4-10-8-12-11(7-9(10)3-1)13-5-6-14(12)15-13/h1-8,13-14H. The van der Waals surface area contributed by atoms with Crippen LogP contribution in [0.15, 0.2) is 48.6 Å². The molecule has 2 aliphatic rings. The molecule has 2 unspecified atom stereocenters. The van der Waals surface area contributed by atoms with Gasteiger partial charge in [-0.1, -0.05) is 36.4 Å². The van der Waals surface area contributed by atoms with Crippen LogP contribution in [0, 0.1) is 0 Å². The van der Waals surface area contributed by atoms with Crippen LogP contribution in [-0.4, -0.2) is 0 Å². The molecular formula is C14H10O. The zero-order chi connectivity index (χ0) is 9.83. The van der Waals surface area contributed by atoms with Crippen molar-refractivity contribution >= 4 is 10.8 Å². The number of benzene rings is 2. The molecule has 2 aromatic rings. The number of fused-ring (bicyclic) bond motifs is 6. The van der Waals surface area contributed by atoms with Crippen molar-refractivity contribution in [1.29, 1.82) is 0 Å². The second-order valence-corrected chi connectivity index (χ2v) is 4.19. The third-order valence-corrected chi connectivity index (χ3v) is 3.32. The molecule has 72 valence electrons. The minimum atomic E-state index is 0.203. The van der Waals surface area contributed by atoms with Gasteiger partial charge in [0.1, 0.15) is 12.2 Å². The molecule has 0 aliphatic carbocycles. The lowest BCUT2D eigenvalue weighted by Gasteiger charge is -2.08. The van der Waals surface area contributed by atoms with Gasteiger partial charge in [0.15, 0.2) is 0 Å². The summed E-state index contributed by atoms with van der Waals surface area (Å²) in [6.07, 6.45) is 4.72. The molecule has 1 heteroatoms. The van der Waals surface area contributed by atoms with Crippen molar-refractivity contribution in [3.05, 3.63) is 59.7 Å². The van der Waals surface area contributed by atoms with E-state index in [1.807, 2.05) is 0 Å². The molecule has 0 amide bonds. The molecule has 0 N–H and O–H groups in total. The van der Waals surface area contributed by atoms with Gasteiger partial charge in [-0.15, -0.1) is 0 Å². The van der Waals surface area contributed by atoms with Crippen LogP contribution >= 0.6 is 0 Å². The number of hydrogen-bond donors (Lipinski definition) is 0. The van der Waals surface area contributed by atoms with Crippen LogP contribution in [0.25, 0.3) is 10.8 Å². The van der Waals surface area contributed by atoms with Gasteiger partial charge in [-0.25, -0.2) is 0 Å². The quantitative estimate of drug-likeness (QED) is 0.583. The molecule has 0 radical (unpaired) electrons. The first-order chi connectivity index (χ1) is 7.42. The lowest BCUT2D eigenvalue weighted by molar-refractivity contribution is 0.0879. The highest BCUT2D eigenvalue weighted by Crippen LogP contribution is 2.46. The van der Waals surface area contributed by atoms with Gasteiger partial charge in [-0.3, -0.25) is 0 Å². The highest BCUT2D eigenvalue weighted by molar-refractivity contribution is 5.85. The van der Waals surface area contributed by atoms with Gasteiger partial charge in [0.05, 0.1) is 0 Å². The van der Waals surface area contributed by atoms with Crippen molar-refractivity contribution in [1.82, 2.24) is 0 Å². The van der Waals surface area contributed by atoms with Crippen LogP contribution in [0.4, 0.5) is 0 Å². The molecule has 0 saturated carbocycles. The molecule has 4 rings (SSSR count). The van der Waals surface area contributed by atoms with Crippen molar-refractivity contribution in [3.63, 3.8) is 0 Å². The summed E-state index contributed by atoms with van der Waals surface area (Å²) in [7, 11) is 0. The van der Waals surface area contributed by atoms with E-state index < -0.39 is 0 Å². The third-order valence-electron chi connectivity index (χ3n) is 3.32. The Kier molecular flexibility index (Phi) is 1.28. The van der Waals surface area contributed by atoms with Gasteiger partial charge in [-0.05, 0) is 34.0 Å². The highest BCUT2D eigenvalue weighted by atomic mass is 16.5. The molecule has 0 spiro atoms. The van der Waals surface area contributed by atoms with Crippen LogP contribution < -0.4 is 0 Å². The van der Waals surface area contributed by atoms with Crippen molar-refractivity contribution in [2.75, 3.05) is 0 Å². The van der Waals surface area contributed by atoms with Crippen LogP contribution in [0.3, 0.4) is 0 Å². The minimum Gasteiger partial charge on any atom is -0.357 e. The van der Waals surface area contributed by atoms with Crippen molar-refractivity contribution in [3.8, 4) is 0 Å². The van der Waals surface area contributed by atoms with Crippen LogP contribution in [0.5, 0.6) is 0 Å². The van der Waals surface area contributed by atoms with E-state index in [9.17, 15) is 0 Å². The highest BCUT2D eigenvalue weighted by Gasteiger charge is 2.33. The van der Waals surface area contributed by atoms with Crippen molar-refractivity contribution in [2.45, 2.75) is 12.2 Å². The minimum absolute atomic E-state index is 0.203.